The summed E-state index contributed by atoms with van der Waals surface area (Å²) in [5.41, 5.74) is 1.75. The number of halogens is 3. The molecule has 0 fully saturated rings. The molecule has 1 atom stereocenters. The molecule has 0 spiro atoms. The number of fused-ring (bicyclic) bond motifs is 2. The van der Waals surface area contributed by atoms with Crippen LogP contribution in [0.5, 0.6) is 0 Å². The van der Waals surface area contributed by atoms with Crippen LogP contribution in [0, 0.1) is 18.6 Å². The molecule has 3 heterocycles. The molecule has 3 aromatic carbocycles. The summed E-state index contributed by atoms with van der Waals surface area (Å²) in [5.74, 6) is -4.52. The fourth-order valence-corrected chi connectivity index (χ4v) is 5.64. The number of aliphatic hydroxyl groups is 1. The number of aliphatic hydroxyl groups excluding tert-OH is 1. The van der Waals surface area contributed by atoms with E-state index in [1.807, 2.05) is 13.0 Å². The van der Waals surface area contributed by atoms with Gasteiger partial charge in [0.1, 0.15) is 5.58 Å². The summed E-state index contributed by atoms with van der Waals surface area (Å²) in [6, 6.07) is 14.3. The van der Waals surface area contributed by atoms with Crippen LogP contribution >= 0.6 is 22.9 Å². The van der Waals surface area contributed by atoms with Crippen molar-refractivity contribution in [3.63, 3.8) is 0 Å². The molecule has 0 saturated heterocycles. The molecule has 1 aliphatic heterocycles. The molecule has 1 N–H and O–H groups in total. The number of Topliss-reactive ketones (excluding diaryl/α,β-unsaturated/α-hetero) is 1. The maximum absolute atomic E-state index is 13.8. The number of thiazole rings is 1. The molecule has 1 aliphatic rings. The number of hydrogen-bond donors (Lipinski definition) is 1. The van der Waals surface area contributed by atoms with E-state index in [1.54, 1.807) is 36.4 Å². The highest BCUT2D eigenvalue weighted by molar-refractivity contribution is 7.22. The largest absolute Gasteiger partial charge is 0.503 e. The van der Waals surface area contributed by atoms with Crippen LogP contribution in [0.1, 0.15) is 27.7 Å². The van der Waals surface area contributed by atoms with Gasteiger partial charge in [0.25, 0.3) is 5.91 Å². The highest BCUT2D eigenvalue weighted by atomic mass is 35.5. The van der Waals surface area contributed by atoms with E-state index in [4.69, 9.17) is 16.0 Å². The molecule has 5 aromatic rings. The number of furan rings is 1. The second-order valence-electron chi connectivity index (χ2n) is 8.61. The minimum absolute atomic E-state index is 0.0715. The van der Waals surface area contributed by atoms with Crippen molar-refractivity contribution < 1.29 is 27.9 Å². The Hall–Kier alpha value is -4.08. The van der Waals surface area contributed by atoms with Crippen molar-refractivity contribution in [2.45, 2.75) is 13.0 Å². The quantitative estimate of drug-likeness (QED) is 0.248. The molecule has 2 aromatic heterocycles. The van der Waals surface area contributed by atoms with Gasteiger partial charge in [-0.25, -0.2) is 13.8 Å². The van der Waals surface area contributed by atoms with Gasteiger partial charge < -0.3 is 9.52 Å². The summed E-state index contributed by atoms with van der Waals surface area (Å²) in [7, 11) is 0. The first-order chi connectivity index (χ1) is 17.7. The zero-order valence-electron chi connectivity index (χ0n) is 19.0. The van der Waals surface area contributed by atoms with E-state index in [2.05, 4.69) is 4.98 Å². The summed E-state index contributed by atoms with van der Waals surface area (Å²) in [4.78, 5) is 32.6. The third kappa shape index (κ3) is 3.78. The Morgan fingerprint density at radius 3 is 2.68 bits per heavy atom. The molecule has 1 amide bonds. The van der Waals surface area contributed by atoms with Gasteiger partial charge in [0, 0.05) is 16.5 Å². The number of carbonyl (C=O) groups excluding carboxylic acids is 2. The number of rotatable bonds is 4. The van der Waals surface area contributed by atoms with Crippen LogP contribution in [0.3, 0.4) is 0 Å². The maximum Gasteiger partial charge on any atom is 0.296 e. The van der Waals surface area contributed by atoms with Crippen molar-refractivity contribution in [3.8, 4) is 0 Å². The number of amides is 1. The maximum atomic E-state index is 13.8. The Balaban J connectivity index is 1.52. The summed E-state index contributed by atoms with van der Waals surface area (Å²) < 4.78 is 33.7. The van der Waals surface area contributed by atoms with Gasteiger partial charge in [-0.05, 0) is 42.8 Å². The average Bonchev–Trinajstić information content (AvgIpc) is 3.53. The minimum Gasteiger partial charge on any atom is -0.503 e. The van der Waals surface area contributed by atoms with Crippen molar-refractivity contribution in [1.29, 1.82) is 0 Å². The number of ketones is 1. The van der Waals surface area contributed by atoms with E-state index in [-0.39, 0.29) is 22.0 Å². The van der Waals surface area contributed by atoms with E-state index in [0.29, 0.717) is 26.3 Å². The number of aryl methyl sites for hydroxylation is 1. The normalized spacial score (nSPS) is 15.9. The number of aromatic nitrogens is 1. The van der Waals surface area contributed by atoms with Gasteiger partial charge in [-0.15, -0.1) is 0 Å². The van der Waals surface area contributed by atoms with E-state index >= 15 is 0 Å². The van der Waals surface area contributed by atoms with Gasteiger partial charge in [-0.3, -0.25) is 14.5 Å². The fourth-order valence-electron chi connectivity index (χ4n) is 4.46. The van der Waals surface area contributed by atoms with Crippen molar-refractivity contribution in [2.24, 2.45) is 0 Å². The zero-order valence-corrected chi connectivity index (χ0v) is 20.5. The van der Waals surface area contributed by atoms with Gasteiger partial charge in [0.05, 0.1) is 21.8 Å². The van der Waals surface area contributed by atoms with Crippen molar-refractivity contribution >= 4 is 60.9 Å². The van der Waals surface area contributed by atoms with Crippen LogP contribution in [-0.2, 0) is 4.79 Å². The molecule has 6 nitrogen and oxygen atoms in total. The first-order valence-electron chi connectivity index (χ1n) is 11.0. The summed E-state index contributed by atoms with van der Waals surface area (Å²) in [6.07, 6.45) is 0. The van der Waals surface area contributed by atoms with Crippen molar-refractivity contribution in [1.82, 2.24) is 4.98 Å². The number of carbonyl (C=O) groups is 2. The molecule has 0 radical (unpaired) electrons. The molecule has 0 bridgehead atoms. The Labute approximate surface area is 217 Å². The number of anilines is 1. The highest BCUT2D eigenvalue weighted by Gasteiger charge is 2.46. The Kier molecular flexibility index (Phi) is 5.36. The Morgan fingerprint density at radius 2 is 1.89 bits per heavy atom. The smallest absolute Gasteiger partial charge is 0.296 e. The standard InChI is InChI=1S/C27H15ClF2N2O4S/c1-12-3-2-4-13(7-12)23-22(24(33)20-9-14-8-15(28)5-6-19(14)36-20)25(34)26(35)32(23)27-31-18-10-16(29)17(30)11-21(18)37-27/h2-11,23,34H,1H3. The van der Waals surface area contributed by atoms with Crippen LogP contribution < -0.4 is 4.90 Å². The van der Waals surface area contributed by atoms with Gasteiger partial charge >= 0.3 is 0 Å². The second kappa shape index (κ2) is 8.50. The van der Waals surface area contributed by atoms with Gasteiger partial charge in [0.2, 0.25) is 5.78 Å². The Bertz CT molecular complexity index is 1770. The third-order valence-corrected chi connectivity index (χ3v) is 7.39. The number of nitrogens with zero attached hydrogens (tertiary/aromatic N) is 2. The summed E-state index contributed by atoms with van der Waals surface area (Å²) in [6.45, 7) is 1.85. The lowest BCUT2D eigenvalue weighted by atomic mass is 9.94. The van der Waals surface area contributed by atoms with E-state index in [1.165, 1.54) is 6.07 Å². The predicted octanol–water partition coefficient (Wildman–Crippen LogP) is 7.07. The molecular formula is C27H15ClF2N2O4S. The minimum atomic E-state index is -1.07. The summed E-state index contributed by atoms with van der Waals surface area (Å²) >= 11 is 7.00. The zero-order chi connectivity index (χ0) is 26.0. The molecule has 184 valence electrons. The molecular weight excluding hydrogens is 522 g/mol. The number of benzene rings is 3. The molecule has 0 saturated carbocycles. The first-order valence-corrected chi connectivity index (χ1v) is 12.2. The molecule has 6 rings (SSSR count). The van der Waals surface area contributed by atoms with Crippen LogP contribution in [-0.4, -0.2) is 21.8 Å². The Morgan fingerprint density at radius 1 is 1.11 bits per heavy atom. The summed E-state index contributed by atoms with van der Waals surface area (Å²) in [5, 5.41) is 12.1. The van der Waals surface area contributed by atoms with Crippen molar-refractivity contribution in [3.05, 3.63) is 106 Å². The predicted molar refractivity (Wildman–Crippen MR) is 136 cm³/mol. The monoisotopic (exact) mass is 536 g/mol. The van der Waals surface area contributed by atoms with Gasteiger partial charge in [-0.1, -0.05) is 52.8 Å². The van der Waals surface area contributed by atoms with Crippen molar-refractivity contribution in [2.75, 3.05) is 4.90 Å². The van der Waals surface area contributed by atoms with Crippen LogP contribution in [0.25, 0.3) is 21.2 Å². The van der Waals surface area contributed by atoms with E-state index in [9.17, 15) is 23.5 Å². The molecule has 10 heteroatoms. The first kappa shape index (κ1) is 23.3. The lowest BCUT2D eigenvalue weighted by molar-refractivity contribution is -0.117. The number of hydrogen-bond acceptors (Lipinski definition) is 6. The van der Waals surface area contributed by atoms with E-state index < -0.39 is 35.1 Å². The topological polar surface area (TPSA) is 83.6 Å². The van der Waals surface area contributed by atoms with Crippen LogP contribution in [0.2, 0.25) is 5.02 Å². The van der Waals surface area contributed by atoms with Gasteiger partial charge in [-0.2, -0.15) is 0 Å². The van der Waals surface area contributed by atoms with Crippen LogP contribution in [0.15, 0.2) is 76.4 Å². The molecule has 1 unspecified atom stereocenters. The third-order valence-electron chi connectivity index (χ3n) is 6.14. The lowest BCUT2D eigenvalue weighted by Gasteiger charge is -2.24. The SMILES string of the molecule is Cc1cccc(C2C(C(=O)c3cc4cc(Cl)ccc4o3)=C(O)C(=O)N2c2nc3cc(F)c(F)cc3s2)c1. The highest BCUT2D eigenvalue weighted by Crippen LogP contribution is 2.44. The van der Waals surface area contributed by atoms with Gasteiger partial charge in [0.15, 0.2) is 28.3 Å². The average molecular weight is 537 g/mol. The van der Waals surface area contributed by atoms with E-state index in [0.717, 1.165) is 33.9 Å². The lowest BCUT2D eigenvalue weighted by Crippen LogP contribution is -2.31. The molecule has 0 aliphatic carbocycles. The fraction of sp³-hybridized carbons (Fsp3) is 0.0741. The second-order valence-corrected chi connectivity index (χ2v) is 10.1. The molecule has 37 heavy (non-hydrogen) atoms. The van der Waals surface area contributed by atoms with Crippen LogP contribution in [0.4, 0.5) is 13.9 Å².